The second-order valence-electron chi connectivity index (χ2n) is 5.95. The average Bonchev–Trinajstić information content (AvgIpc) is 2.54. The fraction of sp³-hybridized carbons (Fsp3) is 0.375. The first-order chi connectivity index (χ1) is 11.0. The molecule has 1 atom stereocenters. The van der Waals surface area contributed by atoms with Crippen molar-refractivity contribution in [2.45, 2.75) is 25.3 Å². The van der Waals surface area contributed by atoms with E-state index in [0.29, 0.717) is 17.9 Å². The van der Waals surface area contributed by atoms with Crippen LogP contribution in [-0.2, 0) is 12.8 Å². The molecule has 4 N–H and O–H groups in total. The van der Waals surface area contributed by atoms with Crippen LogP contribution in [0.25, 0.3) is 11.1 Å². The molecule has 0 bridgehead atoms. The molecule has 3 rings (SSSR count). The van der Waals surface area contributed by atoms with Gasteiger partial charge in [0.2, 0.25) is 5.95 Å². The molecule has 0 saturated carbocycles. The summed E-state index contributed by atoms with van der Waals surface area (Å²) in [6.45, 7) is 0. The van der Waals surface area contributed by atoms with Crippen LogP contribution in [0.2, 0.25) is 0 Å². The molecular weight excluding hydrogens is 290 g/mol. The summed E-state index contributed by atoms with van der Waals surface area (Å²) in [4.78, 5) is 14.9. The lowest BCUT2D eigenvalue weighted by atomic mass is 9.85. The first kappa shape index (κ1) is 15.2. The number of nitrogen functional groups attached to an aromatic ring is 1. The van der Waals surface area contributed by atoms with Gasteiger partial charge in [-0.05, 0) is 24.8 Å². The van der Waals surface area contributed by atoms with Gasteiger partial charge in [0.05, 0.1) is 0 Å². The third kappa shape index (κ3) is 2.69. The Hall–Kier alpha value is -2.72. The molecule has 1 aliphatic carbocycles. The van der Waals surface area contributed by atoms with Crippen molar-refractivity contribution in [2.24, 2.45) is 5.73 Å². The maximum atomic E-state index is 9.52. The molecule has 2 heterocycles. The smallest absolute Gasteiger partial charge is 0.224 e. The number of anilines is 2. The highest BCUT2D eigenvalue weighted by atomic mass is 15.2. The van der Waals surface area contributed by atoms with Crippen molar-refractivity contribution in [3.63, 3.8) is 0 Å². The fourth-order valence-electron chi connectivity index (χ4n) is 2.92. The minimum atomic E-state index is 0.0696. The second kappa shape index (κ2) is 5.82. The van der Waals surface area contributed by atoms with E-state index in [2.05, 4.69) is 21.0 Å². The molecule has 0 fully saturated rings. The molecule has 0 aliphatic heterocycles. The Morgan fingerprint density at radius 1 is 1.30 bits per heavy atom. The molecule has 7 nitrogen and oxygen atoms in total. The van der Waals surface area contributed by atoms with E-state index in [1.54, 1.807) is 12.4 Å². The second-order valence-corrected chi connectivity index (χ2v) is 5.95. The van der Waals surface area contributed by atoms with Gasteiger partial charge in [-0.1, -0.05) is 0 Å². The minimum absolute atomic E-state index is 0.0696. The number of hydrogen-bond donors (Lipinski definition) is 2. The zero-order valence-corrected chi connectivity index (χ0v) is 13.2. The molecule has 0 amide bonds. The van der Waals surface area contributed by atoms with Gasteiger partial charge in [-0.25, -0.2) is 15.0 Å². The number of fused-ring (bicyclic) bond motifs is 1. The summed E-state index contributed by atoms with van der Waals surface area (Å²) in [5, 5.41) is 9.52. The maximum Gasteiger partial charge on any atom is 0.224 e. The lowest BCUT2D eigenvalue weighted by Gasteiger charge is -2.24. The van der Waals surface area contributed by atoms with Gasteiger partial charge in [-0.2, -0.15) is 5.26 Å². The molecular formula is C16H19N7. The summed E-state index contributed by atoms with van der Waals surface area (Å²) in [7, 11) is 3.75. The van der Waals surface area contributed by atoms with Gasteiger partial charge in [0.1, 0.15) is 17.5 Å². The summed E-state index contributed by atoms with van der Waals surface area (Å²) in [6, 6.07) is 2.24. The quantitative estimate of drug-likeness (QED) is 0.845. The van der Waals surface area contributed by atoms with E-state index in [9.17, 15) is 5.26 Å². The molecule has 1 aliphatic rings. The first-order valence-electron chi connectivity index (χ1n) is 7.48. The molecule has 1 unspecified atom stereocenters. The van der Waals surface area contributed by atoms with Crippen molar-refractivity contribution in [3.8, 4) is 17.2 Å². The minimum Gasteiger partial charge on any atom is -0.383 e. The number of pyridine rings is 1. The summed E-state index contributed by atoms with van der Waals surface area (Å²) in [6.07, 6.45) is 5.77. The van der Waals surface area contributed by atoms with Gasteiger partial charge >= 0.3 is 0 Å². The van der Waals surface area contributed by atoms with Gasteiger partial charge in [0.25, 0.3) is 0 Å². The molecule has 2 aromatic heterocycles. The number of nitrogens with two attached hydrogens (primary N) is 2. The highest BCUT2D eigenvalue weighted by Gasteiger charge is 2.25. The van der Waals surface area contributed by atoms with Crippen LogP contribution in [0.5, 0.6) is 0 Å². The molecule has 23 heavy (non-hydrogen) atoms. The molecule has 0 spiro atoms. The van der Waals surface area contributed by atoms with Crippen LogP contribution < -0.4 is 16.4 Å². The predicted octanol–water partition coefficient (Wildman–Crippen LogP) is 0.874. The van der Waals surface area contributed by atoms with Crippen molar-refractivity contribution < 1.29 is 0 Å². The molecule has 0 radical (unpaired) electrons. The van der Waals surface area contributed by atoms with Crippen molar-refractivity contribution in [2.75, 3.05) is 24.7 Å². The predicted molar refractivity (Wildman–Crippen MR) is 88.7 cm³/mol. The van der Waals surface area contributed by atoms with E-state index >= 15 is 0 Å². The van der Waals surface area contributed by atoms with Gasteiger partial charge < -0.3 is 16.4 Å². The highest BCUT2D eigenvalue weighted by Crippen LogP contribution is 2.35. The van der Waals surface area contributed by atoms with E-state index in [1.807, 2.05) is 19.0 Å². The molecule has 7 heteroatoms. The van der Waals surface area contributed by atoms with Crippen LogP contribution in [0.3, 0.4) is 0 Å². The lowest BCUT2D eigenvalue weighted by molar-refractivity contribution is 0.568. The number of aryl methyl sites for hydroxylation is 1. The van der Waals surface area contributed by atoms with Crippen molar-refractivity contribution in [1.82, 2.24) is 15.0 Å². The zero-order valence-electron chi connectivity index (χ0n) is 13.2. The van der Waals surface area contributed by atoms with Crippen molar-refractivity contribution in [1.29, 1.82) is 5.26 Å². The van der Waals surface area contributed by atoms with E-state index in [1.165, 1.54) is 0 Å². The molecule has 0 saturated heterocycles. The summed E-state index contributed by atoms with van der Waals surface area (Å²) >= 11 is 0. The van der Waals surface area contributed by atoms with E-state index in [0.717, 1.165) is 35.2 Å². The first-order valence-corrected chi connectivity index (χ1v) is 7.48. The van der Waals surface area contributed by atoms with Crippen LogP contribution >= 0.6 is 0 Å². The van der Waals surface area contributed by atoms with Crippen LogP contribution in [0.4, 0.5) is 11.8 Å². The Morgan fingerprint density at radius 3 is 2.61 bits per heavy atom. The third-order valence-electron chi connectivity index (χ3n) is 4.07. The number of hydrogen-bond acceptors (Lipinski definition) is 7. The highest BCUT2D eigenvalue weighted by molar-refractivity contribution is 5.78. The van der Waals surface area contributed by atoms with Crippen molar-refractivity contribution >= 4 is 11.8 Å². The topological polar surface area (TPSA) is 118 Å². The van der Waals surface area contributed by atoms with E-state index < -0.39 is 0 Å². The van der Waals surface area contributed by atoms with Gasteiger partial charge in [-0.15, -0.1) is 0 Å². The van der Waals surface area contributed by atoms with E-state index in [-0.39, 0.29) is 11.9 Å². The summed E-state index contributed by atoms with van der Waals surface area (Å²) in [5.74, 6) is 0.869. The number of nitrogens with zero attached hydrogens (tertiary/aromatic N) is 5. The monoisotopic (exact) mass is 309 g/mol. The number of nitriles is 1. The molecule has 2 aromatic rings. The van der Waals surface area contributed by atoms with Gasteiger partial charge in [0, 0.05) is 49.4 Å². The van der Waals surface area contributed by atoms with E-state index in [4.69, 9.17) is 11.5 Å². The Balaban J connectivity index is 2.20. The summed E-state index contributed by atoms with van der Waals surface area (Å²) < 4.78 is 0. The molecule has 118 valence electrons. The van der Waals surface area contributed by atoms with Crippen LogP contribution in [0.15, 0.2) is 12.4 Å². The largest absolute Gasteiger partial charge is 0.383 e. The van der Waals surface area contributed by atoms with Gasteiger partial charge in [0.15, 0.2) is 0 Å². The SMILES string of the molecule is CN(C)c1ncc(-c2c(C#N)c(N)nc3c2CC(N)CC3)cn1. The van der Waals surface area contributed by atoms with Crippen LogP contribution in [-0.4, -0.2) is 35.1 Å². The normalized spacial score (nSPS) is 16.5. The Labute approximate surface area is 135 Å². The maximum absolute atomic E-state index is 9.52. The average molecular weight is 309 g/mol. The molecule has 0 aromatic carbocycles. The zero-order chi connectivity index (χ0) is 16.6. The Kier molecular flexibility index (Phi) is 3.84. The lowest BCUT2D eigenvalue weighted by Crippen LogP contribution is -2.29. The Bertz CT molecular complexity index is 774. The van der Waals surface area contributed by atoms with Gasteiger partial charge in [-0.3, -0.25) is 0 Å². The van der Waals surface area contributed by atoms with Crippen LogP contribution in [0, 0.1) is 11.3 Å². The third-order valence-corrected chi connectivity index (χ3v) is 4.07. The van der Waals surface area contributed by atoms with Crippen LogP contribution in [0.1, 0.15) is 23.2 Å². The van der Waals surface area contributed by atoms with Crippen molar-refractivity contribution in [3.05, 3.63) is 29.2 Å². The number of aromatic nitrogens is 3. The Morgan fingerprint density at radius 2 is 2.00 bits per heavy atom. The fourth-order valence-corrected chi connectivity index (χ4v) is 2.92. The number of rotatable bonds is 2. The standard InChI is InChI=1S/C16H19N7/c1-23(2)16-20-7-9(8-21-16)14-11-5-10(18)3-4-13(11)22-15(19)12(14)6-17/h7-8,10H,3-5,18H2,1-2H3,(H2,19,22). The summed E-state index contributed by atoms with van der Waals surface area (Å²) in [5.41, 5.74) is 15.9.